The van der Waals surface area contributed by atoms with Gasteiger partial charge in [-0.15, -0.1) is 0 Å². The van der Waals surface area contributed by atoms with Crippen molar-refractivity contribution >= 4 is 23.5 Å². The van der Waals surface area contributed by atoms with Crippen LogP contribution in [0.5, 0.6) is 0 Å². The van der Waals surface area contributed by atoms with Crippen LogP contribution in [0.25, 0.3) is 0 Å². The lowest BCUT2D eigenvalue weighted by Gasteiger charge is -2.16. The van der Waals surface area contributed by atoms with Crippen LogP contribution in [0, 0.1) is 5.92 Å². The Morgan fingerprint density at radius 2 is 2.16 bits per heavy atom. The largest absolute Gasteiger partial charge is 0.469 e. The molecule has 5 heteroatoms. The SMILES string of the molecule is COC(=O)C1CCN(C(=O)Cc2ccccc2Cl)C1. The summed E-state index contributed by atoms with van der Waals surface area (Å²) in [7, 11) is 1.37. The molecule has 4 nitrogen and oxygen atoms in total. The van der Waals surface area contributed by atoms with Crippen LogP contribution in [-0.2, 0) is 20.7 Å². The number of likely N-dealkylation sites (tertiary alicyclic amines) is 1. The maximum Gasteiger partial charge on any atom is 0.310 e. The van der Waals surface area contributed by atoms with E-state index in [1.165, 1.54) is 7.11 Å². The fraction of sp³-hybridized carbons (Fsp3) is 0.429. The second-order valence-corrected chi connectivity index (χ2v) is 5.02. The van der Waals surface area contributed by atoms with Crippen molar-refractivity contribution in [2.24, 2.45) is 5.92 Å². The average molecular weight is 282 g/mol. The molecule has 0 N–H and O–H groups in total. The highest BCUT2D eigenvalue weighted by Crippen LogP contribution is 2.21. The lowest BCUT2D eigenvalue weighted by molar-refractivity contribution is -0.145. The fourth-order valence-corrected chi connectivity index (χ4v) is 2.46. The van der Waals surface area contributed by atoms with Gasteiger partial charge in [0, 0.05) is 18.1 Å². The van der Waals surface area contributed by atoms with Gasteiger partial charge in [0.05, 0.1) is 19.4 Å². The Morgan fingerprint density at radius 1 is 1.42 bits per heavy atom. The summed E-state index contributed by atoms with van der Waals surface area (Å²) in [6.07, 6.45) is 0.939. The van der Waals surface area contributed by atoms with Crippen molar-refractivity contribution < 1.29 is 14.3 Å². The summed E-state index contributed by atoms with van der Waals surface area (Å²) in [6.45, 7) is 1.04. The number of ether oxygens (including phenoxy) is 1. The van der Waals surface area contributed by atoms with Gasteiger partial charge >= 0.3 is 5.97 Å². The molecule has 0 radical (unpaired) electrons. The third kappa shape index (κ3) is 3.26. The van der Waals surface area contributed by atoms with Gasteiger partial charge in [-0.25, -0.2) is 0 Å². The van der Waals surface area contributed by atoms with Crippen molar-refractivity contribution in [3.8, 4) is 0 Å². The van der Waals surface area contributed by atoms with Gasteiger partial charge in [0.25, 0.3) is 0 Å². The molecule has 0 spiro atoms. The second-order valence-electron chi connectivity index (χ2n) is 4.62. The number of halogens is 1. The van der Waals surface area contributed by atoms with Gasteiger partial charge in [-0.05, 0) is 18.1 Å². The van der Waals surface area contributed by atoms with E-state index in [1.807, 2.05) is 18.2 Å². The van der Waals surface area contributed by atoms with Crippen molar-refractivity contribution in [1.29, 1.82) is 0 Å². The Hall–Kier alpha value is -1.55. The van der Waals surface area contributed by atoms with Gasteiger partial charge in [0.2, 0.25) is 5.91 Å². The first-order valence-corrected chi connectivity index (χ1v) is 6.58. The van der Waals surface area contributed by atoms with E-state index < -0.39 is 0 Å². The predicted molar refractivity (Wildman–Crippen MR) is 71.9 cm³/mol. The first-order chi connectivity index (χ1) is 9.11. The highest BCUT2D eigenvalue weighted by molar-refractivity contribution is 6.31. The van der Waals surface area contributed by atoms with Gasteiger partial charge in [-0.3, -0.25) is 9.59 Å². The molecular formula is C14H16ClNO3. The van der Waals surface area contributed by atoms with Crippen LogP contribution in [0.4, 0.5) is 0 Å². The van der Waals surface area contributed by atoms with Crippen LogP contribution in [0.15, 0.2) is 24.3 Å². The number of carbonyl (C=O) groups is 2. The predicted octanol–water partition coefficient (Wildman–Crippen LogP) is 1.90. The smallest absolute Gasteiger partial charge is 0.310 e. The van der Waals surface area contributed by atoms with Crippen LogP contribution in [0.1, 0.15) is 12.0 Å². The van der Waals surface area contributed by atoms with Gasteiger partial charge in [0.1, 0.15) is 0 Å². The summed E-state index contributed by atoms with van der Waals surface area (Å²) in [5.74, 6) is -0.437. The van der Waals surface area contributed by atoms with Crippen molar-refractivity contribution in [2.45, 2.75) is 12.8 Å². The molecule has 0 saturated carbocycles. The van der Waals surface area contributed by atoms with Crippen LogP contribution in [0.2, 0.25) is 5.02 Å². The molecule has 2 rings (SSSR count). The Morgan fingerprint density at radius 3 is 2.84 bits per heavy atom. The standard InChI is InChI=1S/C14H16ClNO3/c1-19-14(18)11-6-7-16(9-11)13(17)8-10-4-2-3-5-12(10)15/h2-5,11H,6-9H2,1H3. The molecule has 1 heterocycles. The Kier molecular flexibility index (Phi) is 4.43. The lowest BCUT2D eigenvalue weighted by Crippen LogP contribution is -2.31. The Labute approximate surface area is 117 Å². The molecule has 1 atom stereocenters. The highest BCUT2D eigenvalue weighted by Gasteiger charge is 2.31. The van der Waals surface area contributed by atoms with Crippen LogP contribution >= 0.6 is 11.6 Å². The van der Waals surface area contributed by atoms with Gasteiger partial charge < -0.3 is 9.64 Å². The molecular weight excluding hydrogens is 266 g/mol. The number of amides is 1. The molecule has 19 heavy (non-hydrogen) atoms. The maximum absolute atomic E-state index is 12.1. The molecule has 1 aromatic carbocycles. The van der Waals surface area contributed by atoms with Crippen molar-refractivity contribution in [3.05, 3.63) is 34.9 Å². The van der Waals surface area contributed by atoms with E-state index in [4.69, 9.17) is 16.3 Å². The quantitative estimate of drug-likeness (QED) is 0.795. The molecule has 102 valence electrons. The van der Waals surface area contributed by atoms with E-state index in [0.717, 1.165) is 5.56 Å². The van der Waals surface area contributed by atoms with E-state index >= 15 is 0 Å². The van der Waals surface area contributed by atoms with E-state index in [-0.39, 0.29) is 24.2 Å². The molecule has 0 bridgehead atoms. The molecule has 1 aromatic rings. The van der Waals surface area contributed by atoms with Crippen molar-refractivity contribution in [2.75, 3.05) is 20.2 Å². The van der Waals surface area contributed by atoms with Gasteiger partial charge in [-0.1, -0.05) is 29.8 Å². The maximum atomic E-state index is 12.1. The number of methoxy groups -OCH3 is 1. The summed E-state index contributed by atoms with van der Waals surface area (Å²) in [5, 5.41) is 0.597. The summed E-state index contributed by atoms with van der Waals surface area (Å²) in [4.78, 5) is 25.3. The third-order valence-corrected chi connectivity index (χ3v) is 3.74. The highest BCUT2D eigenvalue weighted by atomic mass is 35.5. The first-order valence-electron chi connectivity index (χ1n) is 6.21. The minimum Gasteiger partial charge on any atom is -0.469 e. The molecule has 1 aliphatic rings. The van der Waals surface area contributed by atoms with Crippen molar-refractivity contribution in [1.82, 2.24) is 4.90 Å². The summed E-state index contributed by atoms with van der Waals surface area (Å²) < 4.78 is 4.70. The molecule has 1 unspecified atom stereocenters. The Balaban J connectivity index is 1.95. The average Bonchev–Trinajstić information content (AvgIpc) is 2.90. The monoisotopic (exact) mass is 281 g/mol. The second kappa shape index (κ2) is 6.06. The first kappa shape index (κ1) is 13.9. The number of hydrogen-bond donors (Lipinski definition) is 0. The number of rotatable bonds is 3. The third-order valence-electron chi connectivity index (χ3n) is 3.37. The normalized spacial score (nSPS) is 18.4. The van der Waals surface area contributed by atoms with E-state index in [9.17, 15) is 9.59 Å². The van der Waals surface area contributed by atoms with Crippen LogP contribution in [-0.4, -0.2) is 37.0 Å². The van der Waals surface area contributed by atoms with E-state index in [2.05, 4.69) is 0 Å². The lowest BCUT2D eigenvalue weighted by atomic mass is 10.1. The zero-order valence-electron chi connectivity index (χ0n) is 10.8. The molecule has 1 saturated heterocycles. The van der Waals surface area contributed by atoms with E-state index in [1.54, 1.807) is 11.0 Å². The summed E-state index contributed by atoms with van der Waals surface area (Å²) in [6, 6.07) is 7.30. The number of carbonyl (C=O) groups excluding carboxylic acids is 2. The molecule has 1 amide bonds. The number of hydrogen-bond acceptors (Lipinski definition) is 3. The van der Waals surface area contributed by atoms with Crippen molar-refractivity contribution in [3.63, 3.8) is 0 Å². The Bertz CT molecular complexity index is 489. The van der Waals surface area contributed by atoms with Crippen LogP contribution in [0.3, 0.4) is 0 Å². The topological polar surface area (TPSA) is 46.6 Å². The number of esters is 1. The van der Waals surface area contributed by atoms with Crippen LogP contribution < -0.4 is 0 Å². The minimum atomic E-state index is -0.243. The van der Waals surface area contributed by atoms with Gasteiger partial charge in [0.15, 0.2) is 0 Å². The molecule has 1 aliphatic heterocycles. The molecule has 1 fully saturated rings. The zero-order chi connectivity index (χ0) is 13.8. The van der Waals surface area contributed by atoms with E-state index in [0.29, 0.717) is 24.5 Å². The fourth-order valence-electron chi connectivity index (χ4n) is 2.26. The molecule has 0 aliphatic carbocycles. The summed E-state index contributed by atoms with van der Waals surface area (Å²) in [5.41, 5.74) is 0.815. The zero-order valence-corrected chi connectivity index (χ0v) is 11.5. The number of nitrogens with zero attached hydrogens (tertiary/aromatic N) is 1. The minimum absolute atomic E-state index is 0.000460. The summed E-state index contributed by atoms with van der Waals surface area (Å²) >= 11 is 6.03. The number of benzene rings is 1. The van der Waals surface area contributed by atoms with Gasteiger partial charge in [-0.2, -0.15) is 0 Å². The molecule has 0 aromatic heterocycles.